The van der Waals surface area contributed by atoms with Crippen LogP contribution >= 0.6 is 22.6 Å². The number of aromatic nitrogens is 1. The van der Waals surface area contributed by atoms with Gasteiger partial charge in [-0.25, -0.2) is 5.43 Å². The van der Waals surface area contributed by atoms with Gasteiger partial charge in [0.2, 0.25) is 0 Å². The van der Waals surface area contributed by atoms with Gasteiger partial charge in [0.25, 0.3) is 5.91 Å². The Balaban J connectivity index is 1.58. The summed E-state index contributed by atoms with van der Waals surface area (Å²) in [4.78, 5) is 12.0. The zero-order valence-corrected chi connectivity index (χ0v) is 18.1. The molecule has 0 atom stereocenters. The van der Waals surface area contributed by atoms with Crippen molar-refractivity contribution in [1.82, 2.24) is 15.3 Å². The zero-order chi connectivity index (χ0) is 19.2. The third-order valence-corrected chi connectivity index (χ3v) is 5.82. The monoisotopic (exact) mass is 478 g/mol. The molecular weight excluding hydrogens is 451 g/mol. The number of rotatable bonds is 6. The highest BCUT2D eigenvalue weighted by molar-refractivity contribution is 14.1. The summed E-state index contributed by atoms with van der Waals surface area (Å²) in [5, 5.41) is 7.48. The van der Waals surface area contributed by atoms with E-state index in [4.69, 9.17) is 0 Å². The summed E-state index contributed by atoms with van der Waals surface area (Å²) in [7, 11) is 0. The van der Waals surface area contributed by atoms with E-state index in [-0.39, 0.29) is 5.91 Å². The summed E-state index contributed by atoms with van der Waals surface area (Å²) in [5.74, 6) is -0.0942. The Labute approximate surface area is 174 Å². The third-order valence-electron chi connectivity index (χ3n) is 5.10. The molecular formula is C21H27IN4O. The lowest BCUT2D eigenvalue weighted by Gasteiger charge is -2.22. The standard InChI is InChI=1S/C21H27IN4O/c1-15-12-17(16(2)26(15)20-10-8-18(22)9-11-20)13-24-25-21(27)14-23-19-6-4-3-5-7-19/h8-13,19,23H,3-7,14H2,1-2H3,(H,25,27)/b24-13-. The van der Waals surface area contributed by atoms with E-state index in [1.54, 1.807) is 6.21 Å². The molecule has 1 saturated carbocycles. The first-order chi connectivity index (χ1) is 13.0. The molecule has 2 aromatic rings. The molecule has 2 N–H and O–H groups in total. The van der Waals surface area contributed by atoms with Gasteiger partial charge in [0.1, 0.15) is 0 Å². The van der Waals surface area contributed by atoms with Crippen molar-refractivity contribution in [3.8, 4) is 5.69 Å². The van der Waals surface area contributed by atoms with E-state index < -0.39 is 0 Å². The van der Waals surface area contributed by atoms with Gasteiger partial charge in [-0.05, 0) is 79.6 Å². The smallest absolute Gasteiger partial charge is 0.254 e. The fourth-order valence-corrected chi connectivity index (χ4v) is 4.02. The minimum atomic E-state index is -0.0942. The molecule has 3 rings (SSSR count). The first-order valence-electron chi connectivity index (χ1n) is 9.55. The van der Waals surface area contributed by atoms with Gasteiger partial charge in [0, 0.05) is 32.3 Å². The predicted molar refractivity (Wildman–Crippen MR) is 119 cm³/mol. The van der Waals surface area contributed by atoms with Crippen LogP contribution in [-0.4, -0.2) is 29.3 Å². The van der Waals surface area contributed by atoms with Gasteiger partial charge >= 0.3 is 0 Å². The van der Waals surface area contributed by atoms with E-state index in [0.29, 0.717) is 12.6 Å². The molecule has 1 aliphatic rings. The molecule has 1 amide bonds. The number of nitrogens with zero attached hydrogens (tertiary/aromatic N) is 2. The summed E-state index contributed by atoms with van der Waals surface area (Å²) >= 11 is 2.31. The highest BCUT2D eigenvalue weighted by Crippen LogP contribution is 2.20. The SMILES string of the molecule is Cc1cc(/C=N\NC(=O)CNC2CCCCC2)c(C)n1-c1ccc(I)cc1. The predicted octanol–water partition coefficient (Wildman–Crippen LogP) is 4.07. The van der Waals surface area contributed by atoms with E-state index >= 15 is 0 Å². The van der Waals surface area contributed by atoms with Crippen LogP contribution in [0.5, 0.6) is 0 Å². The first-order valence-corrected chi connectivity index (χ1v) is 10.6. The lowest BCUT2D eigenvalue weighted by atomic mass is 9.95. The van der Waals surface area contributed by atoms with Crippen molar-refractivity contribution in [1.29, 1.82) is 0 Å². The van der Waals surface area contributed by atoms with Crippen LogP contribution in [0.1, 0.15) is 49.1 Å². The van der Waals surface area contributed by atoms with Crippen LogP contribution in [-0.2, 0) is 4.79 Å². The number of hydrogen-bond acceptors (Lipinski definition) is 3. The third kappa shape index (κ3) is 5.42. The van der Waals surface area contributed by atoms with Gasteiger partial charge in [-0.2, -0.15) is 5.10 Å². The molecule has 1 fully saturated rings. The molecule has 1 aromatic heterocycles. The van der Waals surface area contributed by atoms with Crippen LogP contribution in [0, 0.1) is 17.4 Å². The van der Waals surface area contributed by atoms with Gasteiger partial charge in [0.15, 0.2) is 0 Å². The molecule has 5 nitrogen and oxygen atoms in total. The second-order valence-corrected chi connectivity index (χ2v) is 8.39. The number of carbonyl (C=O) groups is 1. The molecule has 0 bridgehead atoms. The van der Waals surface area contributed by atoms with Crippen molar-refractivity contribution in [3.63, 3.8) is 0 Å². The number of nitrogens with one attached hydrogen (secondary N) is 2. The average Bonchev–Trinajstić information content (AvgIpc) is 2.95. The molecule has 0 spiro atoms. The number of hydrogen-bond donors (Lipinski definition) is 2. The summed E-state index contributed by atoms with van der Waals surface area (Å²) in [6.07, 6.45) is 7.89. The van der Waals surface area contributed by atoms with E-state index in [2.05, 4.69) is 87.2 Å². The molecule has 6 heteroatoms. The van der Waals surface area contributed by atoms with Gasteiger partial charge in [0.05, 0.1) is 12.8 Å². The molecule has 1 aromatic carbocycles. The van der Waals surface area contributed by atoms with Crippen molar-refractivity contribution < 1.29 is 4.79 Å². The topological polar surface area (TPSA) is 58.4 Å². The summed E-state index contributed by atoms with van der Waals surface area (Å²) in [5.41, 5.74) is 7.01. The van der Waals surface area contributed by atoms with Crippen LogP contribution in [0.15, 0.2) is 35.4 Å². The molecule has 1 heterocycles. The van der Waals surface area contributed by atoms with Gasteiger partial charge in [-0.1, -0.05) is 19.3 Å². The number of amides is 1. The fourth-order valence-electron chi connectivity index (χ4n) is 3.66. The van der Waals surface area contributed by atoms with Crippen molar-refractivity contribution in [2.45, 2.75) is 52.0 Å². The summed E-state index contributed by atoms with van der Waals surface area (Å²) in [6, 6.07) is 11.0. The van der Waals surface area contributed by atoms with Crippen LogP contribution < -0.4 is 10.7 Å². The highest BCUT2D eigenvalue weighted by atomic mass is 127. The minimum absolute atomic E-state index is 0.0942. The quantitative estimate of drug-likeness (QED) is 0.374. The Morgan fingerprint density at radius 1 is 1.22 bits per heavy atom. The van der Waals surface area contributed by atoms with Crippen molar-refractivity contribution >= 4 is 34.7 Å². The Morgan fingerprint density at radius 2 is 1.93 bits per heavy atom. The van der Waals surface area contributed by atoms with Crippen LogP contribution in [0.4, 0.5) is 0 Å². The Hall–Kier alpha value is -1.67. The van der Waals surface area contributed by atoms with Crippen LogP contribution in [0.25, 0.3) is 5.69 Å². The summed E-state index contributed by atoms with van der Waals surface area (Å²) < 4.78 is 3.41. The van der Waals surface area contributed by atoms with E-state index in [1.165, 1.54) is 35.7 Å². The van der Waals surface area contributed by atoms with Crippen molar-refractivity contribution in [3.05, 3.63) is 50.9 Å². The van der Waals surface area contributed by atoms with Gasteiger partial charge in [-0.3, -0.25) is 4.79 Å². The number of benzene rings is 1. The lowest BCUT2D eigenvalue weighted by Crippen LogP contribution is -2.38. The normalized spacial score (nSPS) is 15.4. The molecule has 0 radical (unpaired) electrons. The molecule has 0 saturated heterocycles. The van der Waals surface area contributed by atoms with Crippen LogP contribution in [0.2, 0.25) is 0 Å². The average molecular weight is 478 g/mol. The number of aryl methyl sites for hydroxylation is 1. The zero-order valence-electron chi connectivity index (χ0n) is 16.0. The van der Waals surface area contributed by atoms with Crippen LogP contribution in [0.3, 0.4) is 0 Å². The highest BCUT2D eigenvalue weighted by Gasteiger charge is 2.13. The Kier molecular flexibility index (Phi) is 7.07. The van der Waals surface area contributed by atoms with E-state index in [1.807, 2.05) is 0 Å². The number of carbonyl (C=O) groups excluding carboxylic acids is 1. The Bertz CT molecular complexity index is 804. The summed E-state index contributed by atoms with van der Waals surface area (Å²) in [6.45, 7) is 4.47. The second kappa shape index (κ2) is 9.50. The van der Waals surface area contributed by atoms with E-state index in [9.17, 15) is 4.79 Å². The molecule has 1 aliphatic carbocycles. The molecule has 27 heavy (non-hydrogen) atoms. The Morgan fingerprint density at radius 3 is 2.63 bits per heavy atom. The van der Waals surface area contributed by atoms with Crippen molar-refractivity contribution in [2.24, 2.45) is 5.10 Å². The van der Waals surface area contributed by atoms with Gasteiger partial charge in [-0.15, -0.1) is 0 Å². The first kappa shape index (κ1) is 20.1. The number of halogens is 1. The van der Waals surface area contributed by atoms with Gasteiger partial charge < -0.3 is 9.88 Å². The fraction of sp³-hybridized carbons (Fsp3) is 0.429. The molecule has 0 unspecified atom stereocenters. The largest absolute Gasteiger partial charge is 0.318 e. The maximum absolute atomic E-state index is 12.0. The number of hydrazone groups is 1. The lowest BCUT2D eigenvalue weighted by molar-refractivity contribution is -0.120. The van der Waals surface area contributed by atoms with Crippen molar-refractivity contribution in [2.75, 3.05) is 6.54 Å². The molecule has 144 valence electrons. The molecule has 0 aliphatic heterocycles. The second-order valence-electron chi connectivity index (χ2n) is 7.15. The minimum Gasteiger partial charge on any atom is -0.318 e. The van der Waals surface area contributed by atoms with E-state index in [0.717, 1.165) is 22.6 Å². The maximum atomic E-state index is 12.0. The maximum Gasteiger partial charge on any atom is 0.254 e.